The SMILES string of the molecule is O=C(Cc1cccc(N2C=C(Nc3ccc(C(=O)N4CCOCC4)cn3)C3=NC=C[NH+]3C2)c1)N1CCC(O)C1. The number of aliphatic hydroxyl groups is 1. The molecule has 2 atom stereocenters. The number of morpholine rings is 1. The number of hydrogen-bond acceptors (Lipinski definition) is 8. The van der Waals surface area contributed by atoms with Crippen molar-refractivity contribution in [3.63, 3.8) is 0 Å². The van der Waals surface area contributed by atoms with Gasteiger partial charge < -0.3 is 25.0 Å². The zero-order valence-corrected chi connectivity index (χ0v) is 21.6. The van der Waals surface area contributed by atoms with E-state index in [1.54, 1.807) is 34.3 Å². The van der Waals surface area contributed by atoms with Crippen molar-refractivity contribution in [1.29, 1.82) is 0 Å². The molecular weight excluding hydrogens is 498 g/mol. The van der Waals surface area contributed by atoms with Gasteiger partial charge in [0.15, 0.2) is 6.67 Å². The van der Waals surface area contributed by atoms with Gasteiger partial charge in [-0.15, -0.1) is 0 Å². The normalized spacial score (nSPS) is 22.4. The van der Waals surface area contributed by atoms with Gasteiger partial charge in [-0.1, -0.05) is 12.1 Å². The number of fused-ring (bicyclic) bond motifs is 1. The number of aliphatic imine (C=N–C) groups is 1. The number of nitrogens with one attached hydrogen (secondary N) is 2. The Hall–Kier alpha value is -4.06. The second-order valence-corrected chi connectivity index (χ2v) is 10.1. The van der Waals surface area contributed by atoms with E-state index in [4.69, 9.17) is 4.74 Å². The first-order valence-electron chi connectivity index (χ1n) is 13.3. The molecule has 4 aliphatic heterocycles. The number of likely N-dealkylation sites (tertiary alicyclic amines) is 1. The van der Waals surface area contributed by atoms with Crippen LogP contribution in [-0.4, -0.2) is 89.7 Å². The lowest BCUT2D eigenvalue weighted by molar-refractivity contribution is -0.743. The summed E-state index contributed by atoms with van der Waals surface area (Å²) in [5.41, 5.74) is 3.24. The number of β-amino-alcohol motifs (C(OH)–C–C–N with tert-alkyl or cyclic N) is 1. The average Bonchev–Trinajstić information content (AvgIpc) is 3.63. The first-order chi connectivity index (χ1) is 19.0. The quantitative estimate of drug-likeness (QED) is 0.489. The minimum Gasteiger partial charge on any atom is -0.391 e. The Morgan fingerprint density at radius 3 is 2.77 bits per heavy atom. The summed E-state index contributed by atoms with van der Waals surface area (Å²) in [5, 5.41) is 13.1. The van der Waals surface area contributed by atoms with Gasteiger partial charge in [0.25, 0.3) is 11.7 Å². The highest BCUT2D eigenvalue weighted by atomic mass is 16.5. The molecule has 1 aromatic carbocycles. The van der Waals surface area contributed by atoms with Crippen LogP contribution in [0.25, 0.3) is 0 Å². The van der Waals surface area contributed by atoms with Crippen LogP contribution < -0.4 is 15.1 Å². The van der Waals surface area contributed by atoms with Crippen molar-refractivity contribution in [2.75, 3.05) is 56.3 Å². The second-order valence-electron chi connectivity index (χ2n) is 10.1. The number of carbonyl (C=O) groups is 2. The molecule has 1 aromatic heterocycles. The van der Waals surface area contributed by atoms with Gasteiger partial charge in [-0.3, -0.25) is 14.5 Å². The predicted molar refractivity (Wildman–Crippen MR) is 145 cm³/mol. The molecule has 2 amide bonds. The molecule has 202 valence electrons. The number of pyridine rings is 1. The predicted octanol–water partition coefficient (Wildman–Crippen LogP) is 0.189. The Morgan fingerprint density at radius 1 is 1.13 bits per heavy atom. The van der Waals surface area contributed by atoms with E-state index in [0.29, 0.717) is 70.3 Å². The van der Waals surface area contributed by atoms with E-state index in [1.807, 2.05) is 36.7 Å². The first kappa shape index (κ1) is 25.2. The van der Waals surface area contributed by atoms with Crippen LogP contribution in [0, 0.1) is 0 Å². The fourth-order valence-electron chi connectivity index (χ4n) is 5.22. The molecule has 2 saturated heterocycles. The Bertz CT molecular complexity index is 1330. The van der Waals surface area contributed by atoms with E-state index in [-0.39, 0.29) is 11.8 Å². The van der Waals surface area contributed by atoms with Crippen LogP contribution in [0.4, 0.5) is 11.5 Å². The van der Waals surface area contributed by atoms with Crippen molar-refractivity contribution in [3.8, 4) is 0 Å². The number of quaternary nitrogens is 1. The lowest BCUT2D eigenvalue weighted by atomic mass is 10.1. The van der Waals surface area contributed by atoms with Gasteiger partial charge in [-0.2, -0.15) is 4.99 Å². The van der Waals surface area contributed by atoms with E-state index < -0.39 is 6.10 Å². The highest BCUT2D eigenvalue weighted by molar-refractivity contribution is 5.97. The van der Waals surface area contributed by atoms with Gasteiger partial charge in [0.1, 0.15) is 17.7 Å². The maximum atomic E-state index is 12.8. The molecule has 2 unspecified atom stereocenters. The molecule has 5 heterocycles. The molecule has 0 aliphatic carbocycles. The highest BCUT2D eigenvalue weighted by Gasteiger charge is 2.32. The number of ether oxygens (including phenoxy) is 1. The lowest BCUT2D eigenvalue weighted by Crippen LogP contribution is -3.12. The molecule has 11 nitrogen and oxygen atoms in total. The van der Waals surface area contributed by atoms with Crippen molar-refractivity contribution in [3.05, 3.63) is 78.0 Å². The van der Waals surface area contributed by atoms with E-state index in [1.165, 1.54) is 0 Å². The molecule has 2 fully saturated rings. The molecule has 11 heteroatoms. The lowest BCUT2D eigenvalue weighted by Gasteiger charge is -2.30. The summed E-state index contributed by atoms with van der Waals surface area (Å²) in [5.74, 6) is 1.47. The fourth-order valence-corrected chi connectivity index (χ4v) is 5.22. The number of benzene rings is 1. The van der Waals surface area contributed by atoms with E-state index in [2.05, 4.69) is 20.2 Å². The Labute approximate surface area is 226 Å². The molecular formula is C28H32N7O4+. The number of hydrogen-bond donors (Lipinski definition) is 3. The summed E-state index contributed by atoms with van der Waals surface area (Å²) in [6, 6.07) is 11.6. The van der Waals surface area contributed by atoms with E-state index in [0.717, 1.165) is 27.7 Å². The number of rotatable bonds is 6. The smallest absolute Gasteiger partial charge is 0.257 e. The van der Waals surface area contributed by atoms with Gasteiger partial charge in [-0.05, 0) is 36.2 Å². The van der Waals surface area contributed by atoms with Crippen molar-refractivity contribution < 1.29 is 24.3 Å². The third kappa shape index (κ3) is 5.56. The molecule has 3 N–H and O–H groups in total. The zero-order valence-electron chi connectivity index (χ0n) is 21.6. The fraction of sp³-hybridized carbons (Fsp3) is 0.357. The number of anilines is 2. The average molecular weight is 531 g/mol. The van der Waals surface area contributed by atoms with Crippen molar-refractivity contribution in [2.45, 2.75) is 18.9 Å². The number of amidine groups is 1. The number of nitrogens with zero attached hydrogens (tertiary/aromatic N) is 5. The van der Waals surface area contributed by atoms with Crippen LogP contribution in [0.5, 0.6) is 0 Å². The summed E-state index contributed by atoms with van der Waals surface area (Å²) in [7, 11) is 0. The zero-order chi connectivity index (χ0) is 26.8. The summed E-state index contributed by atoms with van der Waals surface area (Å²) in [4.78, 5) is 41.2. The van der Waals surface area contributed by atoms with Crippen LogP contribution >= 0.6 is 0 Å². The Balaban J connectivity index is 1.17. The maximum absolute atomic E-state index is 12.8. The Morgan fingerprint density at radius 2 is 2.00 bits per heavy atom. The van der Waals surface area contributed by atoms with Gasteiger partial charge in [0.2, 0.25) is 5.91 Å². The maximum Gasteiger partial charge on any atom is 0.257 e. The summed E-state index contributed by atoms with van der Waals surface area (Å²) in [6.07, 6.45) is 7.90. The molecule has 4 aliphatic rings. The molecule has 0 bridgehead atoms. The van der Waals surface area contributed by atoms with E-state index >= 15 is 0 Å². The summed E-state index contributed by atoms with van der Waals surface area (Å²) in [6.45, 7) is 3.95. The molecule has 0 radical (unpaired) electrons. The topological polar surface area (TPSA) is 115 Å². The number of carbonyl (C=O) groups excluding carboxylic acids is 2. The van der Waals surface area contributed by atoms with Crippen LogP contribution in [0.3, 0.4) is 0 Å². The molecule has 2 aromatic rings. The number of amides is 2. The van der Waals surface area contributed by atoms with Crippen LogP contribution in [0.1, 0.15) is 22.3 Å². The molecule has 39 heavy (non-hydrogen) atoms. The van der Waals surface area contributed by atoms with Gasteiger partial charge >= 0.3 is 0 Å². The third-order valence-corrected chi connectivity index (χ3v) is 7.35. The molecule has 0 saturated carbocycles. The minimum absolute atomic E-state index is 0.0318. The number of aliphatic hydroxyl groups excluding tert-OH is 1. The van der Waals surface area contributed by atoms with Gasteiger partial charge in [0, 0.05) is 44.3 Å². The third-order valence-electron chi connectivity index (χ3n) is 7.35. The highest BCUT2D eigenvalue weighted by Crippen LogP contribution is 2.21. The van der Waals surface area contributed by atoms with Crippen molar-refractivity contribution in [1.82, 2.24) is 14.8 Å². The monoisotopic (exact) mass is 530 g/mol. The Kier molecular flexibility index (Phi) is 7.10. The van der Waals surface area contributed by atoms with Gasteiger partial charge in [0.05, 0.1) is 37.5 Å². The summed E-state index contributed by atoms with van der Waals surface area (Å²) < 4.78 is 5.34. The van der Waals surface area contributed by atoms with Crippen LogP contribution in [-0.2, 0) is 16.0 Å². The summed E-state index contributed by atoms with van der Waals surface area (Å²) >= 11 is 0. The van der Waals surface area contributed by atoms with Crippen LogP contribution in [0.2, 0.25) is 0 Å². The van der Waals surface area contributed by atoms with E-state index in [9.17, 15) is 14.7 Å². The largest absolute Gasteiger partial charge is 0.391 e. The molecule has 0 spiro atoms. The first-order valence-corrected chi connectivity index (χ1v) is 13.3. The number of aromatic nitrogens is 1. The molecule has 6 rings (SSSR count). The minimum atomic E-state index is -0.423. The van der Waals surface area contributed by atoms with Crippen LogP contribution in [0.15, 0.2) is 71.9 Å². The van der Waals surface area contributed by atoms with Crippen molar-refractivity contribution in [2.24, 2.45) is 4.99 Å². The van der Waals surface area contributed by atoms with Gasteiger partial charge in [-0.25, -0.2) is 9.88 Å². The standard InChI is InChI=1S/C28H31N7O4/c36-23-6-8-33(17-23)26(37)15-20-2-1-3-22(14-20)35-18-24(27-29-7-9-34(27)19-35)31-25-5-4-21(16-30-25)28(38)32-10-12-39-13-11-32/h1-5,7,9,14,16,18,23,36H,6,8,10-13,15,17,19H2,(H,30,31)/p+1. The van der Waals surface area contributed by atoms with Crippen molar-refractivity contribution >= 4 is 29.2 Å². The second kappa shape index (κ2) is 11.0.